The molecule has 8 nitrogen and oxygen atoms in total. The molecule has 2 aromatic rings. The van der Waals surface area contributed by atoms with Crippen molar-refractivity contribution in [2.24, 2.45) is 0 Å². The molecule has 3 N–H and O–H groups in total. The number of nitrogen functional groups attached to an aromatic ring is 1. The lowest BCUT2D eigenvalue weighted by atomic mass is 10.1. The second-order valence-corrected chi connectivity index (χ2v) is 8.01. The molecule has 0 spiro atoms. The number of nitrogens with zero attached hydrogens (tertiary/aromatic N) is 4. The van der Waals surface area contributed by atoms with Crippen molar-refractivity contribution in [3.63, 3.8) is 0 Å². The molecule has 1 aromatic carbocycles. The van der Waals surface area contributed by atoms with Gasteiger partial charge in [0.15, 0.2) is 11.6 Å². The molecule has 1 saturated heterocycles. The summed E-state index contributed by atoms with van der Waals surface area (Å²) in [7, 11) is 0. The number of aromatic nitrogens is 2. The van der Waals surface area contributed by atoms with Crippen LogP contribution in [0, 0.1) is 0 Å². The summed E-state index contributed by atoms with van der Waals surface area (Å²) in [4.78, 5) is 24.5. The van der Waals surface area contributed by atoms with Gasteiger partial charge in [-0.25, -0.2) is 0 Å². The van der Waals surface area contributed by atoms with Gasteiger partial charge in [0, 0.05) is 13.1 Å². The molecule has 0 radical (unpaired) electrons. The highest BCUT2D eigenvalue weighted by molar-refractivity contribution is 6.03. The summed E-state index contributed by atoms with van der Waals surface area (Å²) in [6.07, 6.45) is -3.04. The molecule has 3 heterocycles. The quantitative estimate of drug-likeness (QED) is 0.670. The zero-order chi connectivity index (χ0) is 22.7. The van der Waals surface area contributed by atoms with Gasteiger partial charge in [0.25, 0.3) is 0 Å². The first-order valence-electron chi connectivity index (χ1n) is 10.5. The maximum Gasteiger partial charge on any atom is 0.392 e. The normalized spacial score (nSPS) is 16.7. The van der Waals surface area contributed by atoms with Gasteiger partial charge in [-0.05, 0) is 37.1 Å². The number of carbonyl (C=O) groups is 1. The Balaban J connectivity index is 1.52. The zero-order valence-electron chi connectivity index (χ0n) is 17.5. The number of ether oxygens (including phenoxy) is 1. The fraction of sp³-hybridized carbons (Fsp3) is 0.476. The van der Waals surface area contributed by atoms with Crippen LogP contribution in [-0.4, -0.2) is 53.2 Å². The summed E-state index contributed by atoms with van der Waals surface area (Å²) in [6, 6.07) is 7.85. The number of hydrogen-bond acceptors (Lipinski definition) is 7. The molecule has 11 heteroatoms. The van der Waals surface area contributed by atoms with E-state index in [1.165, 1.54) is 18.4 Å². The Hall–Kier alpha value is -3.08. The van der Waals surface area contributed by atoms with E-state index in [1.54, 1.807) is 4.90 Å². The minimum atomic E-state index is -4.35. The number of rotatable bonds is 7. The smallest absolute Gasteiger partial charge is 0.392 e. The molecule has 32 heavy (non-hydrogen) atoms. The largest absolute Gasteiger partial charge is 0.463 e. The van der Waals surface area contributed by atoms with Gasteiger partial charge in [0.2, 0.25) is 5.91 Å². The number of halogens is 3. The molecule has 0 bridgehead atoms. The second-order valence-electron chi connectivity index (χ2n) is 8.01. The number of anilines is 3. The maximum atomic E-state index is 12.4. The van der Waals surface area contributed by atoms with Crippen molar-refractivity contribution in [1.29, 1.82) is 0 Å². The number of alkyl halides is 3. The number of nitrogens with one attached hydrogen (secondary N) is 1. The van der Waals surface area contributed by atoms with Crippen LogP contribution in [-0.2, 0) is 17.9 Å². The van der Waals surface area contributed by atoms with Crippen LogP contribution in [0.3, 0.4) is 0 Å². The number of likely N-dealkylation sites (tertiary alicyclic amines) is 1. The third-order valence-corrected chi connectivity index (χ3v) is 5.38. The number of carbonyl (C=O) groups excluding carboxylic acids is 1. The van der Waals surface area contributed by atoms with Crippen LogP contribution < -0.4 is 20.7 Å². The van der Waals surface area contributed by atoms with Crippen LogP contribution in [0.4, 0.5) is 30.5 Å². The predicted molar refractivity (Wildman–Crippen MR) is 113 cm³/mol. The predicted octanol–water partition coefficient (Wildman–Crippen LogP) is 2.94. The maximum absolute atomic E-state index is 12.4. The lowest BCUT2D eigenvalue weighted by molar-refractivity contribution is -0.139. The number of amides is 1. The van der Waals surface area contributed by atoms with Gasteiger partial charge in [-0.15, -0.1) is 0 Å². The minimum absolute atomic E-state index is 0.0296. The summed E-state index contributed by atoms with van der Waals surface area (Å²) >= 11 is 0. The molecular weight excluding hydrogens is 425 g/mol. The average molecular weight is 450 g/mol. The van der Waals surface area contributed by atoms with Crippen LogP contribution in [0.5, 0.6) is 6.01 Å². The van der Waals surface area contributed by atoms with Gasteiger partial charge in [-0.3, -0.25) is 9.69 Å². The van der Waals surface area contributed by atoms with Crippen molar-refractivity contribution in [2.45, 2.75) is 38.5 Å². The summed E-state index contributed by atoms with van der Waals surface area (Å²) in [5, 5.41) is 2.64. The van der Waals surface area contributed by atoms with E-state index in [1.807, 2.05) is 12.1 Å². The van der Waals surface area contributed by atoms with Crippen molar-refractivity contribution in [3.05, 3.63) is 35.4 Å². The minimum Gasteiger partial charge on any atom is -0.463 e. The summed E-state index contributed by atoms with van der Waals surface area (Å²) < 4.78 is 42.3. The monoisotopic (exact) mass is 450 g/mol. The van der Waals surface area contributed by atoms with E-state index in [9.17, 15) is 18.0 Å². The molecule has 0 saturated carbocycles. The molecule has 0 atom stereocenters. The van der Waals surface area contributed by atoms with Crippen LogP contribution in [0.2, 0.25) is 0 Å². The Morgan fingerprint density at radius 3 is 2.56 bits per heavy atom. The molecule has 172 valence electrons. The first-order valence-corrected chi connectivity index (χ1v) is 10.5. The third-order valence-electron chi connectivity index (χ3n) is 5.38. The summed E-state index contributed by atoms with van der Waals surface area (Å²) in [5.74, 6) is -0.00587. The van der Waals surface area contributed by atoms with Crippen LogP contribution in [0.25, 0.3) is 0 Å². The van der Waals surface area contributed by atoms with E-state index < -0.39 is 19.2 Å². The molecule has 4 rings (SSSR count). The number of fused-ring (bicyclic) bond motifs is 1. The lowest BCUT2D eigenvalue weighted by Gasteiger charge is -2.30. The van der Waals surface area contributed by atoms with Crippen molar-refractivity contribution in [2.75, 3.05) is 42.2 Å². The highest BCUT2D eigenvalue weighted by Gasteiger charge is 2.29. The van der Waals surface area contributed by atoms with E-state index in [4.69, 9.17) is 10.5 Å². The molecular formula is C21H25F3N6O2. The van der Waals surface area contributed by atoms with E-state index in [-0.39, 0.29) is 30.0 Å². The van der Waals surface area contributed by atoms with Gasteiger partial charge in [0.1, 0.15) is 12.3 Å². The Kier molecular flexibility index (Phi) is 6.35. The first kappa shape index (κ1) is 22.1. The van der Waals surface area contributed by atoms with Crippen LogP contribution >= 0.6 is 0 Å². The molecule has 1 fully saturated rings. The molecule has 0 aliphatic carbocycles. The third kappa shape index (κ3) is 5.58. The molecule has 2 aliphatic heterocycles. The van der Waals surface area contributed by atoms with Gasteiger partial charge in [-0.2, -0.15) is 23.1 Å². The van der Waals surface area contributed by atoms with E-state index >= 15 is 0 Å². The first-order chi connectivity index (χ1) is 15.3. The Morgan fingerprint density at radius 2 is 1.84 bits per heavy atom. The van der Waals surface area contributed by atoms with Gasteiger partial charge >= 0.3 is 12.2 Å². The van der Waals surface area contributed by atoms with Crippen molar-refractivity contribution < 1.29 is 22.7 Å². The van der Waals surface area contributed by atoms with Crippen molar-refractivity contribution in [3.8, 4) is 6.01 Å². The fourth-order valence-corrected chi connectivity index (χ4v) is 3.92. The van der Waals surface area contributed by atoms with Crippen molar-refractivity contribution >= 4 is 23.2 Å². The molecule has 2 aliphatic rings. The highest BCUT2D eigenvalue weighted by Crippen LogP contribution is 2.34. The van der Waals surface area contributed by atoms with E-state index in [2.05, 4.69) is 32.3 Å². The zero-order valence-corrected chi connectivity index (χ0v) is 17.5. The Morgan fingerprint density at radius 1 is 1.12 bits per heavy atom. The van der Waals surface area contributed by atoms with Gasteiger partial charge in [0.05, 0.1) is 13.0 Å². The molecule has 1 amide bonds. The van der Waals surface area contributed by atoms with E-state index in [0.717, 1.165) is 25.2 Å². The summed E-state index contributed by atoms with van der Waals surface area (Å²) in [5.41, 5.74) is 8.34. The van der Waals surface area contributed by atoms with Gasteiger partial charge in [-0.1, -0.05) is 24.3 Å². The molecule has 1 aromatic heterocycles. The number of hydrogen-bond donors (Lipinski definition) is 2. The lowest BCUT2D eigenvalue weighted by Crippen LogP contribution is -2.39. The van der Waals surface area contributed by atoms with Gasteiger partial charge < -0.3 is 20.7 Å². The topological polar surface area (TPSA) is 96.6 Å². The highest BCUT2D eigenvalue weighted by atomic mass is 19.4. The standard InChI is InChI=1S/C21H25F3N6O2/c22-21(23,24)6-9-32-20-27-18(25)17-19(28-20)30(13-16(31)26-17)12-15-5-3-4-14(10-15)11-29-7-1-2-8-29/h3-5,10H,1-2,6-9,11-13H2,(H,26,31)(H2,25,27,28). The number of benzene rings is 1. The average Bonchev–Trinajstić information content (AvgIpc) is 3.21. The van der Waals surface area contributed by atoms with Crippen LogP contribution in [0.1, 0.15) is 30.4 Å². The fourth-order valence-electron chi connectivity index (χ4n) is 3.92. The Bertz CT molecular complexity index is 978. The Labute approximate surface area is 183 Å². The second kappa shape index (κ2) is 9.19. The SMILES string of the molecule is Nc1nc(OCCC(F)(F)F)nc2c1NC(=O)CN2Cc1cccc(CN2CCCC2)c1. The van der Waals surface area contributed by atoms with Crippen LogP contribution in [0.15, 0.2) is 24.3 Å². The van der Waals surface area contributed by atoms with Crippen molar-refractivity contribution in [1.82, 2.24) is 14.9 Å². The molecule has 0 unspecified atom stereocenters. The number of nitrogens with two attached hydrogens (primary N) is 1. The summed E-state index contributed by atoms with van der Waals surface area (Å²) in [6.45, 7) is 2.85. The van der Waals surface area contributed by atoms with E-state index in [0.29, 0.717) is 12.4 Å².